The van der Waals surface area contributed by atoms with Gasteiger partial charge in [0.25, 0.3) is 0 Å². The summed E-state index contributed by atoms with van der Waals surface area (Å²) < 4.78 is 0. The molecule has 0 amide bonds. The molecule has 0 spiro atoms. The summed E-state index contributed by atoms with van der Waals surface area (Å²) in [5.41, 5.74) is -1.01. The Labute approximate surface area is 85.7 Å². The van der Waals surface area contributed by atoms with Crippen LogP contribution in [0, 0.1) is 0 Å². The molecule has 1 saturated heterocycles. The van der Waals surface area contributed by atoms with E-state index in [1.54, 1.807) is 0 Å². The van der Waals surface area contributed by atoms with E-state index in [0.29, 0.717) is 0 Å². The molecule has 1 aliphatic heterocycles. The maximum atomic E-state index is 10.1. The Bertz CT molecular complexity index is 221. The third-order valence-electron chi connectivity index (χ3n) is 3.97. The predicted octanol–water partition coefficient (Wildman–Crippen LogP) is 0.747. The molecule has 0 radical (unpaired) electrons. The van der Waals surface area contributed by atoms with Crippen LogP contribution in [0.1, 0.15) is 39.5 Å². The van der Waals surface area contributed by atoms with Crippen LogP contribution < -0.4 is 0 Å². The molecule has 0 aromatic carbocycles. The van der Waals surface area contributed by atoms with Crippen molar-refractivity contribution in [3.8, 4) is 0 Å². The zero-order valence-corrected chi connectivity index (χ0v) is 9.16. The average molecular weight is 199 g/mol. The Morgan fingerprint density at radius 2 is 2.00 bits per heavy atom. The van der Waals surface area contributed by atoms with Gasteiger partial charge in [0.05, 0.1) is 11.2 Å². The third kappa shape index (κ3) is 1.58. The lowest BCUT2D eigenvalue weighted by Crippen LogP contribution is -2.67. The van der Waals surface area contributed by atoms with E-state index in [1.165, 1.54) is 0 Å². The highest BCUT2D eigenvalue weighted by Gasteiger charge is 2.49. The van der Waals surface area contributed by atoms with Crippen LogP contribution >= 0.6 is 0 Å². The lowest BCUT2D eigenvalue weighted by molar-refractivity contribution is -0.145. The summed E-state index contributed by atoms with van der Waals surface area (Å²) in [6.07, 6.45) is 3.91. The standard InChI is InChI=1S/C11H21NO2/c1-3-11(14)7-12(8-11)9-5-4-6-10(9,2)13/h9,13-14H,3-8H2,1-2H3. The van der Waals surface area contributed by atoms with Gasteiger partial charge in [-0.1, -0.05) is 6.92 Å². The number of rotatable bonds is 2. The first-order valence-corrected chi connectivity index (χ1v) is 5.66. The van der Waals surface area contributed by atoms with Gasteiger partial charge in [-0.15, -0.1) is 0 Å². The zero-order valence-electron chi connectivity index (χ0n) is 9.16. The van der Waals surface area contributed by atoms with E-state index in [1.807, 2.05) is 13.8 Å². The van der Waals surface area contributed by atoms with Crippen LogP contribution in [0.3, 0.4) is 0 Å². The molecular weight excluding hydrogens is 178 g/mol. The predicted molar refractivity (Wildman–Crippen MR) is 55.1 cm³/mol. The minimum absolute atomic E-state index is 0.273. The molecule has 0 aromatic heterocycles. The van der Waals surface area contributed by atoms with E-state index in [4.69, 9.17) is 0 Å². The molecule has 1 heterocycles. The van der Waals surface area contributed by atoms with Crippen molar-refractivity contribution in [1.82, 2.24) is 4.90 Å². The van der Waals surface area contributed by atoms with Gasteiger partial charge in [0.2, 0.25) is 0 Å². The number of hydrogen-bond acceptors (Lipinski definition) is 3. The maximum Gasteiger partial charge on any atom is 0.0897 e. The summed E-state index contributed by atoms with van der Waals surface area (Å²) in [5, 5.41) is 20.0. The van der Waals surface area contributed by atoms with E-state index >= 15 is 0 Å². The molecule has 1 aliphatic carbocycles. The Kier molecular flexibility index (Phi) is 2.37. The van der Waals surface area contributed by atoms with Crippen LogP contribution in [-0.2, 0) is 0 Å². The quantitative estimate of drug-likeness (QED) is 0.689. The Hall–Kier alpha value is -0.120. The van der Waals surface area contributed by atoms with Crippen molar-refractivity contribution in [2.75, 3.05) is 13.1 Å². The van der Waals surface area contributed by atoms with Crippen molar-refractivity contribution in [2.24, 2.45) is 0 Å². The first-order valence-electron chi connectivity index (χ1n) is 5.66. The Balaban J connectivity index is 1.93. The normalized spacial score (nSPS) is 42.4. The monoisotopic (exact) mass is 199 g/mol. The fourth-order valence-electron chi connectivity index (χ4n) is 2.86. The summed E-state index contributed by atoms with van der Waals surface area (Å²) >= 11 is 0. The van der Waals surface area contributed by atoms with Crippen LogP contribution in [0.5, 0.6) is 0 Å². The number of aliphatic hydroxyl groups is 2. The van der Waals surface area contributed by atoms with Gasteiger partial charge in [-0.25, -0.2) is 0 Å². The van der Waals surface area contributed by atoms with Gasteiger partial charge < -0.3 is 10.2 Å². The molecular formula is C11H21NO2. The minimum Gasteiger partial charge on any atom is -0.389 e. The topological polar surface area (TPSA) is 43.7 Å². The fraction of sp³-hybridized carbons (Fsp3) is 1.00. The van der Waals surface area contributed by atoms with Crippen molar-refractivity contribution in [2.45, 2.75) is 56.8 Å². The van der Waals surface area contributed by atoms with Crippen LogP contribution in [0.25, 0.3) is 0 Å². The second-order valence-electron chi connectivity index (χ2n) is 5.25. The smallest absolute Gasteiger partial charge is 0.0897 e. The summed E-state index contributed by atoms with van der Waals surface area (Å²) in [4.78, 5) is 2.23. The SMILES string of the molecule is CCC1(O)CN(C2CCCC2(C)O)C1. The van der Waals surface area contributed by atoms with E-state index in [0.717, 1.165) is 38.8 Å². The second kappa shape index (κ2) is 3.19. The molecule has 82 valence electrons. The molecule has 1 saturated carbocycles. The number of hydrogen-bond donors (Lipinski definition) is 2. The fourth-order valence-corrected chi connectivity index (χ4v) is 2.86. The summed E-state index contributed by atoms with van der Waals surface area (Å²) in [6, 6.07) is 0.273. The highest BCUT2D eigenvalue weighted by atomic mass is 16.3. The van der Waals surface area contributed by atoms with E-state index in [2.05, 4.69) is 4.90 Å². The van der Waals surface area contributed by atoms with Crippen molar-refractivity contribution < 1.29 is 10.2 Å². The minimum atomic E-state index is -0.533. The first kappa shape index (κ1) is 10.4. The third-order valence-corrected chi connectivity index (χ3v) is 3.97. The van der Waals surface area contributed by atoms with Crippen LogP contribution in [0.15, 0.2) is 0 Å². The van der Waals surface area contributed by atoms with E-state index in [9.17, 15) is 10.2 Å². The van der Waals surface area contributed by atoms with Gasteiger partial charge in [0.15, 0.2) is 0 Å². The van der Waals surface area contributed by atoms with Gasteiger partial charge >= 0.3 is 0 Å². The molecule has 2 unspecified atom stereocenters. The van der Waals surface area contributed by atoms with Gasteiger partial charge in [0, 0.05) is 19.1 Å². The lowest BCUT2D eigenvalue weighted by atomic mass is 9.86. The van der Waals surface area contributed by atoms with Crippen molar-refractivity contribution in [3.63, 3.8) is 0 Å². The Morgan fingerprint density at radius 1 is 1.36 bits per heavy atom. The highest BCUT2D eigenvalue weighted by molar-refractivity contribution is 5.04. The summed E-state index contributed by atoms with van der Waals surface area (Å²) in [6.45, 7) is 5.42. The Morgan fingerprint density at radius 3 is 2.43 bits per heavy atom. The number of β-amino-alcohol motifs (C(OH)–C–C–N with tert-alkyl or cyclic N) is 1. The maximum absolute atomic E-state index is 10.1. The van der Waals surface area contributed by atoms with Gasteiger partial charge in [-0.3, -0.25) is 4.90 Å². The van der Waals surface area contributed by atoms with Crippen molar-refractivity contribution >= 4 is 0 Å². The van der Waals surface area contributed by atoms with Gasteiger partial charge in [0.1, 0.15) is 0 Å². The highest BCUT2D eigenvalue weighted by Crippen LogP contribution is 2.38. The molecule has 2 N–H and O–H groups in total. The summed E-state index contributed by atoms with van der Waals surface area (Å²) in [7, 11) is 0. The van der Waals surface area contributed by atoms with Crippen LogP contribution in [0.2, 0.25) is 0 Å². The molecule has 2 aliphatic rings. The molecule has 2 rings (SSSR count). The molecule has 3 nitrogen and oxygen atoms in total. The number of nitrogens with zero attached hydrogens (tertiary/aromatic N) is 1. The van der Waals surface area contributed by atoms with Crippen LogP contribution in [0.4, 0.5) is 0 Å². The van der Waals surface area contributed by atoms with Crippen molar-refractivity contribution in [1.29, 1.82) is 0 Å². The van der Waals surface area contributed by atoms with E-state index < -0.39 is 11.2 Å². The van der Waals surface area contributed by atoms with Gasteiger partial charge in [-0.2, -0.15) is 0 Å². The zero-order chi connectivity index (χ0) is 10.4. The molecule has 2 atom stereocenters. The van der Waals surface area contributed by atoms with Crippen LogP contribution in [-0.4, -0.2) is 45.4 Å². The average Bonchev–Trinajstić information content (AvgIpc) is 2.39. The first-order chi connectivity index (χ1) is 6.47. The molecule has 0 bridgehead atoms. The largest absolute Gasteiger partial charge is 0.389 e. The molecule has 14 heavy (non-hydrogen) atoms. The second-order valence-corrected chi connectivity index (χ2v) is 5.25. The number of likely N-dealkylation sites (tertiary alicyclic amines) is 1. The van der Waals surface area contributed by atoms with E-state index in [-0.39, 0.29) is 6.04 Å². The van der Waals surface area contributed by atoms with Gasteiger partial charge in [-0.05, 0) is 32.6 Å². The molecule has 2 fully saturated rings. The lowest BCUT2D eigenvalue weighted by Gasteiger charge is -2.51. The molecule has 3 heteroatoms. The molecule has 0 aromatic rings. The van der Waals surface area contributed by atoms with Crippen molar-refractivity contribution in [3.05, 3.63) is 0 Å². The summed E-state index contributed by atoms with van der Waals surface area (Å²) in [5.74, 6) is 0.